The molecule has 1 aliphatic rings. The third-order valence-corrected chi connectivity index (χ3v) is 12.8. The van der Waals surface area contributed by atoms with Crippen LogP contribution in [0.25, 0.3) is 0 Å². The molecular weight excluding hydrogens is 799 g/mol. The van der Waals surface area contributed by atoms with Gasteiger partial charge in [-0.2, -0.15) is 0 Å². The first-order chi connectivity index (χ1) is 30.7. The van der Waals surface area contributed by atoms with Crippen LogP contribution in [0.15, 0.2) is 24.3 Å². The maximum atomic E-state index is 12.9. The summed E-state index contributed by atoms with van der Waals surface area (Å²) in [5, 5.41) is 74.5. The number of hydrogen-bond acceptors (Lipinski definition) is 10. The van der Waals surface area contributed by atoms with Crippen molar-refractivity contribution in [2.24, 2.45) is 0 Å². The molecule has 0 saturated carbocycles. The van der Waals surface area contributed by atoms with Crippen LogP contribution in [0.3, 0.4) is 0 Å². The van der Waals surface area contributed by atoms with E-state index in [0.29, 0.717) is 12.8 Å². The van der Waals surface area contributed by atoms with E-state index in [9.17, 15) is 40.5 Å². The van der Waals surface area contributed by atoms with Gasteiger partial charge in [-0.05, 0) is 44.9 Å². The van der Waals surface area contributed by atoms with Crippen molar-refractivity contribution in [3.63, 3.8) is 0 Å². The fourth-order valence-electron chi connectivity index (χ4n) is 8.40. The number of hydrogen-bond donors (Lipinski definition) is 8. The zero-order valence-electron chi connectivity index (χ0n) is 40.3. The monoisotopic (exact) mass is 898 g/mol. The number of aliphatic hydroxyl groups excluding tert-OH is 7. The van der Waals surface area contributed by atoms with Gasteiger partial charge in [-0.25, -0.2) is 0 Å². The van der Waals surface area contributed by atoms with Crippen LogP contribution < -0.4 is 5.32 Å². The van der Waals surface area contributed by atoms with Crippen molar-refractivity contribution in [1.82, 2.24) is 5.32 Å². The summed E-state index contributed by atoms with van der Waals surface area (Å²) >= 11 is 0. The number of aliphatic hydroxyl groups is 7. The molecule has 0 spiro atoms. The second-order valence-electron chi connectivity index (χ2n) is 18.6. The molecule has 1 fully saturated rings. The minimum atomic E-state index is -1.66. The van der Waals surface area contributed by atoms with E-state index in [4.69, 9.17) is 9.47 Å². The second-order valence-corrected chi connectivity index (χ2v) is 18.6. The highest BCUT2D eigenvalue weighted by molar-refractivity contribution is 5.80. The number of allylic oxidation sites excluding steroid dienone is 4. The maximum Gasteiger partial charge on any atom is 0.249 e. The van der Waals surface area contributed by atoms with Gasteiger partial charge in [0, 0.05) is 0 Å². The molecule has 0 aromatic carbocycles. The van der Waals surface area contributed by atoms with E-state index in [0.717, 1.165) is 32.1 Å². The molecule has 0 bridgehead atoms. The fraction of sp³-hybridized carbons (Fsp3) is 0.904. The van der Waals surface area contributed by atoms with Crippen LogP contribution in [0.4, 0.5) is 0 Å². The molecule has 1 saturated heterocycles. The topological polar surface area (TPSA) is 189 Å². The summed E-state index contributed by atoms with van der Waals surface area (Å²) in [5.74, 6) is -0.707. The molecule has 1 amide bonds. The van der Waals surface area contributed by atoms with E-state index in [1.54, 1.807) is 0 Å². The summed E-state index contributed by atoms with van der Waals surface area (Å²) in [5.41, 5.74) is 0. The van der Waals surface area contributed by atoms with Crippen LogP contribution >= 0.6 is 0 Å². The molecular formula is C52H99NO10. The van der Waals surface area contributed by atoms with E-state index in [1.165, 1.54) is 161 Å². The second kappa shape index (κ2) is 42.0. The Labute approximate surface area is 384 Å². The molecule has 0 radical (unpaired) electrons. The molecule has 11 nitrogen and oxygen atoms in total. The van der Waals surface area contributed by atoms with Crippen molar-refractivity contribution in [3.05, 3.63) is 24.3 Å². The average Bonchev–Trinajstić information content (AvgIpc) is 3.28. The number of carbonyl (C=O) groups is 1. The van der Waals surface area contributed by atoms with Gasteiger partial charge in [-0.1, -0.05) is 212 Å². The Bertz CT molecular complexity index is 1080. The van der Waals surface area contributed by atoms with Gasteiger partial charge in [0.1, 0.15) is 36.6 Å². The summed E-state index contributed by atoms with van der Waals surface area (Å²) in [7, 11) is 0. The molecule has 1 rings (SSSR count). The molecule has 9 atom stereocenters. The minimum Gasteiger partial charge on any atom is -0.394 e. The number of rotatable bonds is 44. The first kappa shape index (κ1) is 59.6. The molecule has 372 valence electrons. The van der Waals surface area contributed by atoms with E-state index in [2.05, 4.69) is 36.5 Å². The summed E-state index contributed by atoms with van der Waals surface area (Å²) in [4.78, 5) is 12.9. The Morgan fingerprint density at radius 2 is 0.984 bits per heavy atom. The minimum absolute atomic E-state index is 0.259. The molecule has 0 aromatic heterocycles. The lowest BCUT2D eigenvalue weighted by Crippen LogP contribution is -2.60. The lowest BCUT2D eigenvalue weighted by molar-refractivity contribution is -0.303. The van der Waals surface area contributed by atoms with Gasteiger partial charge in [-0.3, -0.25) is 4.79 Å². The van der Waals surface area contributed by atoms with Crippen molar-refractivity contribution in [1.29, 1.82) is 0 Å². The summed E-state index contributed by atoms with van der Waals surface area (Å²) in [6, 6.07) is -1.16. The van der Waals surface area contributed by atoms with Gasteiger partial charge < -0.3 is 50.5 Å². The van der Waals surface area contributed by atoms with E-state index in [-0.39, 0.29) is 12.8 Å². The van der Waals surface area contributed by atoms with Crippen LogP contribution in [0.1, 0.15) is 232 Å². The standard InChI is InChI=1S/C52H99NO10/c1-3-5-7-8-9-10-11-12-13-14-15-16-17-18-19-20-21-22-23-24-25-26-27-28-29-30-31-32-33-34-35-36-37-38-40-45(56)51(61)53-43(47(57)44(55)39-6-4-2)42-62-52-50(60)49(59)48(58)46(41-54)63-52/h17-18,20-21,43-50,52,54-60H,3-16,19,22-42H2,1-2H3,(H,53,61)/b18-17-,21-20-. The number of ether oxygens (including phenoxy) is 2. The maximum absolute atomic E-state index is 12.9. The molecule has 1 heterocycles. The Hall–Kier alpha value is -1.41. The molecule has 11 heteroatoms. The number of amides is 1. The summed E-state index contributed by atoms with van der Waals surface area (Å²) in [6.07, 6.45) is 38.6. The lowest BCUT2D eigenvalue weighted by Gasteiger charge is -2.40. The number of carbonyl (C=O) groups excluding carboxylic acids is 1. The Morgan fingerprint density at radius 1 is 0.556 bits per heavy atom. The van der Waals surface area contributed by atoms with Gasteiger partial charge in [0.2, 0.25) is 5.91 Å². The third kappa shape index (κ3) is 31.2. The van der Waals surface area contributed by atoms with Gasteiger partial charge >= 0.3 is 0 Å². The Kier molecular flexibility index (Phi) is 39.7. The molecule has 8 N–H and O–H groups in total. The van der Waals surface area contributed by atoms with Crippen LogP contribution in [0, 0.1) is 0 Å². The van der Waals surface area contributed by atoms with Crippen molar-refractivity contribution < 1.29 is 50.0 Å². The number of nitrogens with one attached hydrogen (secondary N) is 1. The molecule has 9 unspecified atom stereocenters. The fourth-order valence-corrected chi connectivity index (χ4v) is 8.40. The zero-order chi connectivity index (χ0) is 46.2. The van der Waals surface area contributed by atoms with E-state index in [1.807, 2.05) is 6.92 Å². The Balaban J connectivity index is 2.02. The van der Waals surface area contributed by atoms with Gasteiger partial charge in [0.05, 0.1) is 25.4 Å². The molecule has 1 aliphatic heterocycles. The van der Waals surface area contributed by atoms with Crippen molar-refractivity contribution in [3.8, 4) is 0 Å². The van der Waals surface area contributed by atoms with Crippen molar-refractivity contribution in [2.75, 3.05) is 13.2 Å². The Morgan fingerprint density at radius 3 is 1.43 bits per heavy atom. The highest BCUT2D eigenvalue weighted by Gasteiger charge is 2.44. The van der Waals surface area contributed by atoms with Crippen molar-refractivity contribution in [2.45, 2.75) is 287 Å². The SMILES string of the molecule is CCCCCCCCCCCCC/C=C\C/C=C\CCCCCCCCCCCCCCCCCCC(O)C(=O)NC(COC1OC(CO)C(O)C(O)C1O)C(O)C(O)CCCC. The average molecular weight is 898 g/mol. The zero-order valence-corrected chi connectivity index (χ0v) is 40.3. The molecule has 0 aliphatic carbocycles. The third-order valence-electron chi connectivity index (χ3n) is 12.8. The quantitative estimate of drug-likeness (QED) is 0.0216. The summed E-state index contributed by atoms with van der Waals surface area (Å²) in [6.45, 7) is 3.17. The molecule has 63 heavy (non-hydrogen) atoms. The van der Waals surface area contributed by atoms with Crippen molar-refractivity contribution >= 4 is 5.91 Å². The lowest BCUT2D eigenvalue weighted by atomic mass is 9.99. The predicted octanol–water partition coefficient (Wildman–Crippen LogP) is 9.79. The highest BCUT2D eigenvalue weighted by atomic mass is 16.7. The van der Waals surface area contributed by atoms with Crippen LogP contribution in [0.5, 0.6) is 0 Å². The summed E-state index contributed by atoms with van der Waals surface area (Å²) < 4.78 is 10.9. The van der Waals surface area contributed by atoms with Crippen LogP contribution in [0.2, 0.25) is 0 Å². The predicted molar refractivity (Wildman–Crippen MR) is 256 cm³/mol. The van der Waals surface area contributed by atoms with Gasteiger partial charge in [-0.15, -0.1) is 0 Å². The van der Waals surface area contributed by atoms with Crippen LogP contribution in [-0.4, -0.2) is 110 Å². The van der Waals surface area contributed by atoms with E-state index >= 15 is 0 Å². The number of unbranched alkanes of at least 4 members (excludes halogenated alkanes) is 28. The molecule has 0 aromatic rings. The van der Waals surface area contributed by atoms with E-state index < -0.39 is 74.2 Å². The largest absolute Gasteiger partial charge is 0.394 e. The van der Waals surface area contributed by atoms with Gasteiger partial charge in [0.15, 0.2) is 6.29 Å². The first-order valence-corrected chi connectivity index (χ1v) is 26.2. The normalized spacial score (nSPS) is 21.3. The van der Waals surface area contributed by atoms with Crippen LogP contribution in [-0.2, 0) is 14.3 Å². The first-order valence-electron chi connectivity index (χ1n) is 26.2. The highest BCUT2D eigenvalue weighted by Crippen LogP contribution is 2.23. The van der Waals surface area contributed by atoms with Gasteiger partial charge in [0.25, 0.3) is 0 Å². The smallest absolute Gasteiger partial charge is 0.249 e.